The van der Waals surface area contributed by atoms with Crippen LogP contribution in [0.1, 0.15) is 17.5 Å². The predicted octanol–water partition coefficient (Wildman–Crippen LogP) is 2.93. The number of ether oxygens (including phenoxy) is 1. The van der Waals surface area contributed by atoms with Crippen LogP contribution in [0, 0.1) is 11.3 Å². The number of hydrogen-bond donors (Lipinski definition) is 1. The summed E-state index contributed by atoms with van der Waals surface area (Å²) in [5.74, 6) is 0.571. The molecule has 2 rings (SSSR count). The van der Waals surface area contributed by atoms with Crippen LogP contribution in [0.5, 0.6) is 5.75 Å². The molecular weight excluding hydrogens is 250 g/mol. The summed E-state index contributed by atoms with van der Waals surface area (Å²) in [4.78, 5) is 0. The molecule has 0 bridgehead atoms. The van der Waals surface area contributed by atoms with Crippen LogP contribution < -0.4 is 4.74 Å². The van der Waals surface area contributed by atoms with E-state index in [2.05, 4.69) is 6.07 Å². The number of benzene rings is 2. The van der Waals surface area contributed by atoms with Crippen molar-refractivity contribution in [2.75, 3.05) is 6.61 Å². The molecule has 2 aromatic carbocycles. The van der Waals surface area contributed by atoms with E-state index < -0.39 is 6.10 Å². The van der Waals surface area contributed by atoms with Gasteiger partial charge in [0.15, 0.2) is 0 Å². The van der Waals surface area contributed by atoms with Crippen LogP contribution in [0.4, 0.5) is 0 Å². The molecule has 0 saturated heterocycles. The topological polar surface area (TPSA) is 53.2 Å². The van der Waals surface area contributed by atoms with Gasteiger partial charge in [0.2, 0.25) is 0 Å². The molecule has 1 N–H and O–H groups in total. The van der Waals surface area contributed by atoms with Crippen molar-refractivity contribution < 1.29 is 9.84 Å². The van der Waals surface area contributed by atoms with Gasteiger partial charge in [0.25, 0.3) is 0 Å². The Hall–Kier alpha value is -2.31. The Kier molecular flexibility index (Phi) is 5.16. The van der Waals surface area contributed by atoms with Crippen molar-refractivity contribution in [3.63, 3.8) is 0 Å². The fourth-order valence-electron chi connectivity index (χ4n) is 1.98. The smallest absolute Gasteiger partial charge is 0.137 e. The minimum atomic E-state index is -0.438. The Morgan fingerprint density at radius 2 is 1.75 bits per heavy atom. The largest absolute Gasteiger partial charge is 0.492 e. The highest BCUT2D eigenvalue weighted by molar-refractivity contribution is 5.42. The molecule has 0 saturated carbocycles. The Morgan fingerprint density at radius 3 is 2.50 bits per heavy atom. The molecule has 3 heteroatoms. The van der Waals surface area contributed by atoms with Gasteiger partial charge in [0, 0.05) is 6.42 Å². The molecule has 0 aliphatic heterocycles. The summed E-state index contributed by atoms with van der Waals surface area (Å²) >= 11 is 0. The summed E-state index contributed by atoms with van der Waals surface area (Å²) in [6, 6.07) is 19.1. The van der Waals surface area contributed by atoms with Crippen molar-refractivity contribution in [3.05, 3.63) is 65.7 Å². The van der Waals surface area contributed by atoms with Crippen LogP contribution in [-0.2, 0) is 6.42 Å². The van der Waals surface area contributed by atoms with Gasteiger partial charge in [-0.1, -0.05) is 42.5 Å². The molecule has 0 aliphatic rings. The van der Waals surface area contributed by atoms with E-state index in [9.17, 15) is 5.11 Å². The number of para-hydroxylation sites is 1. The SMILES string of the molecule is N#Cc1ccccc1OCCC(O)Cc1ccccc1. The lowest BCUT2D eigenvalue weighted by atomic mass is 10.1. The predicted molar refractivity (Wildman–Crippen MR) is 77.4 cm³/mol. The van der Waals surface area contributed by atoms with Crippen LogP contribution >= 0.6 is 0 Å². The van der Waals surface area contributed by atoms with Gasteiger partial charge in [-0.25, -0.2) is 0 Å². The fraction of sp³-hybridized carbons (Fsp3) is 0.235. The molecule has 0 heterocycles. The molecule has 0 radical (unpaired) electrons. The van der Waals surface area contributed by atoms with Crippen molar-refractivity contribution in [3.8, 4) is 11.8 Å². The molecule has 20 heavy (non-hydrogen) atoms. The van der Waals surface area contributed by atoms with Crippen molar-refractivity contribution in [2.45, 2.75) is 18.9 Å². The Morgan fingerprint density at radius 1 is 1.05 bits per heavy atom. The standard InChI is InChI=1S/C17H17NO2/c18-13-15-8-4-5-9-17(15)20-11-10-16(19)12-14-6-2-1-3-7-14/h1-9,16,19H,10-12H2. The van der Waals surface area contributed by atoms with Gasteiger partial charge in [-0.15, -0.1) is 0 Å². The zero-order chi connectivity index (χ0) is 14.2. The van der Waals surface area contributed by atoms with Gasteiger partial charge in [0.1, 0.15) is 11.8 Å². The maximum Gasteiger partial charge on any atom is 0.137 e. The van der Waals surface area contributed by atoms with Gasteiger partial charge in [-0.05, 0) is 24.1 Å². The zero-order valence-corrected chi connectivity index (χ0v) is 11.2. The third-order valence-electron chi connectivity index (χ3n) is 3.03. The first-order valence-corrected chi connectivity index (χ1v) is 6.63. The van der Waals surface area contributed by atoms with E-state index in [4.69, 9.17) is 10.00 Å². The van der Waals surface area contributed by atoms with Gasteiger partial charge < -0.3 is 9.84 Å². The summed E-state index contributed by atoms with van der Waals surface area (Å²) in [5.41, 5.74) is 1.63. The first-order chi connectivity index (χ1) is 9.79. The minimum Gasteiger partial charge on any atom is -0.492 e. The highest BCUT2D eigenvalue weighted by Crippen LogP contribution is 2.17. The van der Waals surface area contributed by atoms with E-state index in [1.165, 1.54) is 0 Å². The summed E-state index contributed by atoms with van der Waals surface area (Å²) in [6.45, 7) is 0.396. The van der Waals surface area contributed by atoms with Crippen molar-refractivity contribution >= 4 is 0 Å². The minimum absolute atomic E-state index is 0.396. The number of hydrogen-bond acceptors (Lipinski definition) is 3. The fourth-order valence-corrected chi connectivity index (χ4v) is 1.98. The van der Waals surface area contributed by atoms with Gasteiger partial charge >= 0.3 is 0 Å². The molecule has 3 nitrogen and oxygen atoms in total. The molecule has 0 spiro atoms. The number of nitriles is 1. The van der Waals surface area contributed by atoms with Crippen LogP contribution in [-0.4, -0.2) is 17.8 Å². The van der Waals surface area contributed by atoms with E-state index in [1.807, 2.05) is 36.4 Å². The summed E-state index contributed by atoms with van der Waals surface area (Å²) in [5, 5.41) is 18.9. The Balaban J connectivity index is 1.80. The third-order valence-corrected chi connectivity index (χ3v) is 3.03. The number of rotatable bonds is 6. The molecule has 1 atom stereocenters. The average molecular weight is 267 g/mol. The van der Waals surface area contributed by atoms with E-state index in [1.54, 1.807) is 18.2 Å². The number of aliphatic hydroxyl groups is 1. The summed E-state index contributed by atoms with van der Waals surface area (Å²) in [7, 11) is 0. The molecule has 0 amide bonds. The monoisotopic (exact) mass is 267 g/mol. The van der Waals surface area contributed by atoms with Gasteiger partial charge in [0.05, 0.1) is 18.3 Å². The van der Waals surface area contributed by atoms with Crippen molar-refractivity contribution in [1.82, 2.24) is 0 Å². The van der Waals surface area contributed by atoms with Crippen molar-refractivity contribution in [1.29, 1.82) is 5.26 Å². The van der Waals surface area contributed by atoms with Crippen LogP contribution in [0.3, 0.4) is 0 Å². The molecule has 1 unspecified atom stereocenters. The highest BCUT2D eigenvalue weighted by Gasteiger charge is 2.07. The lowest BCUT2D eigenvalue weighted by molar-refractivity contribution is 0.139. The zero-order valence-electron chi connectivity index (χ0n) is 11.2. The second-order valence-electron chi connectivity index (χ2n) is 4.59. The van der Waals surface area contributed by atoms with E-state index >= 15 is 0 Å². The average Bonchev–Trinajstić information content (AvgIpc) is 2.49. The molecule has 102 valence electrons. The summed E-state index contributed by atoms with van der Waals surface area (Å²) < 4.78 is 5.55. The molecule has 0 aliphatic carbocycles. The van der Waals surface area contributed by atoms with Crippen LogP contribution in [0.25, 0.3) is 0 Å². The van der Waals surface area contributed by atoms with Gasteiger partial charge in [-0.3, -0.25) is 0 Å². The molecule has 2 aromatic rings. The second-order valence-corrected chi connectivity index (χ2v) is 4.59. The van der Waals surface area contributed by atoms with Crippen LogP contribution in [0.2, 0.25) is 0 Å². The van der Waals surface area contributed by atoms with Crippen molar-refractivity contribution in [2.24, 2.45) is 0 Å². The van der Waals surface area contributed by atoms with E-state index in [-0.39, 0.29) is 0 Å². The highest BCUT2D eigenvalue weighted by atomic mass is 16.5. The second kappa shape index (κ2) is 7.32. The maximum absolute atomic E-state index is 9.96. The maximum atomic E-state index is 9.96. The van der Waals surface area contributed by atoms with E-state index in [0.29, 0.717) is 30.8 Å². The normalized spacial score (nSPS) is 11.6. The molecule has 0 aromatic heterocycles. The lowest BCUT2D eigenvalue weighted by Gasteiger charge is -2.12. The first kappa shape index (κ1) is 14.1. The first-order valence-electron chi connectivity index (χ1n) is 6.63. The van der Waals surface area contributed by atoms with Gasteiger partial charge in [-0.2, -0.15) is 5.26 Å². The lowest BCUT2D eigenvalue weighted by Crippen LogP contribution is -2.15. The number of nitrogens with zero attached hydrogens (tertiary/aromatic N) is 1. The third kappa shape index (κ3) is 4.11. The van der Waals surface area contributed by atoms with E-state index in [0.717, 1.165) is 5.56 Å². The quantitative estimate of drug-likeness (QED) is 0.875. The molecular formula is C17H17NO2. The molecule has 0 fully saturated rings. The van der Waals surface area contributed by atoms with Crippen LogP contribution in [0.15, 0.2) is 54.6 Å². The Bertz CT molecular complexity index is 575. The Labute approximate surface area is 119 Å². The summed E-state index contributed by atoms with van der Waals surface area (Å²) in [6.07, 6.45) is 0.713. The number of aliphatic hydroxyl groups excluding tert-OH is 1.